The van der Waals surface area contributed by atoms with Crippen LogP contribution in [0.3, 0.4) is 0 Å². The van der Waals surface area contributed by atoms with Crippen LogP contribution in [0.4, 0.5) is 0 Å². The molecule has 0 radical (unpaired) electrons. The number of hydrogen-bond donors (Lipinski definition) is 1. The molecule has 3 aromatic rings. The Hall–Kier alpha value is -3.60. The molecule has 0 heterocycles. The Morgan fingerprint density at radius 1 is 0.861 bits per heavy atom. The Balaban J connectivity index is 1.78. The van der Waals surface area contributed by atoms with E-state index in [2.05, 4.69) is 19.2 Å². The summed E-state index contributed by atoms with van der Waals surface area (Å²) in [5.41, 5.74) is 3.19. The van der Waals surface area contributed by atoms with Gasteiger partial charge in [0.1, 0.15) is 11.8 Å². The highest BCUT2D eigenvalue weighted by Crippen LogP contribution is 2.17. The molecule has 0 saturated heterocycles. The molecule has 0 fully saturated rings. The molecule has 0 spiro atoms. The molecule has 5 nitrogen and oxygen atoms in total. The highest BCUT2D eigenvalue weighted by Gasteiger charge is 2.30. The van der Waals surface area contributed by atoms with Crippen LogP contribution in [-0.2, 0) is 22.6 Å². The van der Waals surface area contributed by atoms with E-state index >= 15 is 0 Å². The van der Waals surface area contributed by atoms with E-state index in [0.29, 0.717) is 44.9 Å². The van der Waals surface area contributed by atoms with Gasteiger partial charge in [-0.2, -0.15) is 0 Å². The van der Waals surface area contributed by atoms with E-state index < -0.39 is 6.04 Å². The minimum absolute atomic E-state index is 0.0483. The van der Waals surface area contributed by atoms with Gasteiger partial charge < -0.3 is 15.0 Å². The number of para-hydroxylation sites is 1. The standard InChI is InChI=1S/C31H38N2O3/c1-24(2)22-32-31(35)29(21-26-11-6-4-7-12-26)33(23-27-18-16-25(3)17-19-27)30(34)15-10-20-36-28-13-8-5-9-14-28/h4-9,11-14,16-19,24,29H,10,15,20-23H2,1-3H3,(H,32,35)/t29-/m0/s1. The Labute approximate surface area is 215 Å². The summed E-state index contributed by atoms with van der Waals surface area (Å²) >= 11 is 0. The zero-order valence-corrected chi connectivity index (χ0v) is 21.7. The molecular weight excluding hydrogens is 448 g/mol. The van der Waals surface area contributed by atoms with Gasteiger partial charge in [-0.15, -0.1) is 0 Å². The van der Waals surface area contributed by atoms with Crippen LogP contribution < -0.4 is 10.1 Å². The summed E-state index contributed by atoms with van der Waals surface area (Å²) in [6.45, 7) is 7.56. The van der Waals surface area contributed by atoms with E-state index in [-0.39, 0.29) is 11.8 Å². The zero-order valence-electron chi connectivity index (χ0n) is 21.7. The summed E-state index contributed by atoms with van der Waals surface area (Å²) in [6, 6.07) is 27.0. The SMILES string of the molecule is Cc1ccc(CN(C(=O)CCCOc2ccccc2)[C@@H](Cc2ccccc2)C(=O)NCC(C)C)cc1. The first-order valence-corrected chi connectivity index (χ1v) is 12.8. The molecule has 0 aliphatic heterocycles. The lowest BCUT2D eigenvalue weighted by Gasteiger charge is -2.32. The second-order valence-corrected chi connectivity index (χ2v) is 9.62. The van der Waals surface area contributed by atoms with E-state index in [9.17, 15) is 9.59 Å². The predicted octanol–water partition coefficient (Wildman–Crippen LogP) is 5.57. The number of ether oxygens (including phenoxy) is 1. The Kier molecular flexibility index (Phi) is 10.6. The van der Waals surface area contributed by atoms with Gasteiger partial charge >= 0.3 is 0 Å². The van der Waals surface area contributed by atoms with Gasteiger partial charge in [-0.25, -0.2) is 0 Å². The highest BCUT2D eigenvalue weighted by atomic mass is 16.5. The van der Waals surface area contributed by atoms with Gasteiger partial charge in [-0.1, -0.05) is 92.2 Å². The smallest absolute Gasteiger partial charge is 0.243 e. The summed E-state index contributed by atoms with van der Waals surface area (Å²) in [5.74, 6) is 0.945. The van der Waals surface area contributed by atoms with Gasteiger partial charge in [0.05, 0.1) is 6.61 Å². The summed E-state index contributed by atoms with van der Waals surface area (Å²) < 4.78 is 5.79. The monoisotopic (exact) mass is 486 g/mol. The molecule has 0 aliphatic carbocycles. The molecule has 3 aromatic carbocycles. The molecule has 1 N–H and O–H groups in total. The lowest BCUT2D eigenvalue weighted by molar-refractivity contribution is -0.141. The molecular formula is C31H38N2O3. The van der Waals surface area contributed by atoms with Gasteiger partial charge in [0.25, 0.3) is 0 Å². The van der Waals surface area contributed by atoms with Crippen molar-refractivity contribution in [2.24, 2.45) is 5.92 Å². The van der Waals surface area contributed by atoms with Crippen LogP contribution >= 0.6 is 0 Å². The number of carbonyl (C=O) groups is 2. The van der Waals surface area contributed by atoms with Crippen molar-refractivity contribution in [3.05, 3.63) is 102 Å². The quantitative estimate of drug-likeness (QED) is 0.322. The van der Waals surface area contributed by atoms with E-state index in [0.717, 1.165) is 22.4 Å². The van der Waals surface area contributed by atoms with Crippen molar-refractivity contribution in [2.75, 3.05) is 13.2 Å². The predicted molar refractivity (Wildman–Crippen MR) is 145 cm³/mol. The van der Waals surface area contributed by atoms with Crippen molar-refractivity contribution in [3.63, 3.8) is 0 Å². The minimum Gasteiger partial charge on any atom is -0.494 e. The molecule has 36 heavy (non-hydrogen) atoms. The van der Waals surface area contributed by atoms with Crippen molar-refractivity contribution in [1.82, 2.24) is 10.2 Å². The summed E-state index contributed by atoms with van der Waals surface area (Å²) in [6.07, 6.45) is 1.34. The number of nitrogens with zero attached hydrogens (tertiary/aromatic N) is 1. The minimum atomic E-state index is -0.602. The summed E-state index contributed by atoms with van der Waals surface area (Å²) in [7, 11) is 0. The van der Waals surface area contributed by atoms with Crippen molar-refractivity contribution >= 4 is 11.8 Å². The van der Waals surface area contributed by atoms with E-state index in [1.54, 1.807) is 4.90 Å². The number of benzene rings is 3. The van der Waals surface area contributed by atoms with E-state index in [1.165, 1.54) is 0 Å². The summed E-state index contributed by atoms with van der Waals surface area (Å²) in [5, 5.41) is 3.06. The molecule has 2 amide bonds. The van der Waals surface area contributed by atoms with Gasteiger partial charge in [-0.3, -0.25) is 9.59 Å². The molecule has 3 rings (SSSR count). The first kappa shape index (κ1) is 27.0. The second kappa shape index (κ2) is 14.1. The molecule has 0 bridgehead atoms. The number of carbonyl (C=O) groups excluding carboxylic acids is 2. The number of rotatable bonds is 13. The molecule has 5 heteroatoms. The fourth-order valence-corrected chi connectivity index (χ4v) is 3.94. The van der Waals surface area contributed by atoms with Crippen LogP contribution in [0.25, 0.3) is 0 Å². The summed E-state index contributed by atoms with van der Waals surface area (Å²) in [4.78, 5) is 28.8. The van der Waals surface area contributed by atoms with Crippen LogP contribution in [0, 0.1) is 12.8 Å². The Bertz CT molecular complexity index is 1070. The van der Waals surface area contributed by atoms with Crippen LogP contribution in [0.1, 0.15) is 43.4 Å². The first-order valence-electron chi connectivity index (χ1n) is 12.8. The fourth-order valence-electron chi connectivity index (χ4n) is 3.94. The number of nitrogens with one attached hydrogen (secondary N) is 1. The largest absolute Gasteiger partial charge is 0.494 e. The molecule has 1 atom stereocenters. The lowest BCUT2D eigenvalue weighted by Crippen LogP contribution is -2.51. The average Bonchev–Trinajstić information content (AvgIpc) is 2.89. The average molecular weight is 487 g/mol. The number of hydrogen-bond acceptors (Lipinski definition) is 3. The van der Waals surface area contributed by atoms with E-state index in [4.69, 9.17) is 4.74 Å². The van der Waals surface area contributed by atoms with Crippen LogP contribution in [0.5, 0.6) is 5.75 Å². The second-order valence-electron chi connectivity index (χ2n) is 9.62. The lowest BCUT2D eigenvalue weighted by atomic mass is 10.0. The van der Waals surface area contributed by atoms with Crippen molar-refractivity contribution in [3.8, 4) is 5.75 Å². The topological polar surface area (TPSA) is 58.6 Å². The van der Waals surface area contributed by atoms with Gasteiger partial charge in [0.15, 0.2) is 0 Å². The van der Waals surface area contributed by atoms with Crippen LogP contribution in [-0.4, -0.2) is 35.9 Å². The molecule has 0 aromatic heterocycles. The Morgan fingerprint density at radius 3 is 2.14 bits per heavy atom. The van der Waals surface area contributed by atoms with Crippen molar-refractivity contribution < 1.29 is 14.3 Å². The molecule has 0 saturated carbocycles. The molecule has 0 aliphatic rings. The zero-order chi connectivity index (χ0) is 25.8. The maximum atomic E-state index is 13.6. The third-order valence-corrected chi connectivity index (χ3v) is 5.98. The number of aryl methyl sites for hydroxylation is 1. The third-order valence-electron chi connectivity index (χ3n) is 5.98. The number of amides is 2. The normalized spacial score (nSPS) is 11.7. The third kappa shape index (κ3) is 8.88. The van der Waals surface area contributed by atoms with Crippen LogP contribution in [0.2, 0.25) is 0 Å². The molecule has 190 valence electrons. The van der Waals surface area contributed by atoms with Gasteiger partial charge in [0, 0.05) is 25.9 Å². The van der Waals surface area contributed by atoms with Gasteiger partial charge in [-0.05, 0) is 42.5 Å². The molecule has 0 unspecified atom stereocenters. The maximum absolute atomic E-state index is 13.6. The highest BCUT2D eigenvalue weighted by molar-refractivity contribution is 5.88. The Morgan fingerprint density at radius 2 is 1.50 bits per heavy atom. The van der Waals surface area contributed by atoms with E-state index in [1.807, 2.05) is 91.9 Å². The first-order chi connectivity index (χ1) is 17.4. The van der Waals surface area contributed by atoms with Crippen molar-refractivity contribution in [2.45, 2.75) is 52.6 Å². The fraction of sp³-hybridized carbons (Fsp3) is 0.355. The maximum Gasteiger partial charge on any atom is 0.243 e. The van der Waals surface area contributed by atoms with Gasteiger partial charge in [0.2, 0.25) is 11.8 Å². The van der Waals surface area contributed by atoms with Crippen molar-refractivity contribution in [1.29, 1.82) is 0 Å². The van der Waals surface area contributed by atoms with Crippen LogP contribution in [0.15, 0.2) is 84.9 Å².